The van der Waals surface area contributed by atoms with E-state index in [-0.39, 0.29) is 6.10 Å². The summed E-state index contributed by atoms with van der Waals surface area (Å²) in [4.78, 5) is 3.37. The third-order valence-corrected chi connectivity index (χ3v) is 3.29. The second-order valence-electron chi connectivity index (χ2n) is 4.35. The topological polar surface area (TPSA) is 59.8 Å². The predicted octanol–water partition coefficient (Wildman–Crippen LogP) is 1.89. The Balaban J connectivity index is 2.25. The lowest BCUT2D eigenvalue weighted by molar-refractivity contribution is 0.158. The van der Waals surface area contributed by atoms with Crippen molar-refractivity contribution in [1.82, 2.24) is 4.98 Å². The Labute approximate surface area is 93.3 Å². The lowest BCUT2D eigenvalue weighted by Crippen LogP contribution is -2.17. The molecule has 80 valence electrons. The van der Waals surface area contributed by atoms with Gasteiger partial charge in [0.15, 0.2) is 0 Å². The number of aliphatic hydroxyl groups excluding tert-OH is 1. The highest BCUT2D eigenvalue weighted by Gasteiger charge is 2.20. The van der Waals surface area contributed by atoms with Crippen molar-refractivity contribution < 1.29 is 5.11 Å². The zero-order valence-corrected chi connectivity index (χ0v) is 8.83. The van der Waals surface area contributed by atoms with Crippen LogP contribution in [0.3, 0.4) is 0 Å². The number of hydrogen-bond donors (Lipinski definition) is 2. The first-order valence-corrected chi connectivity index (χ1v) is 5.49. The summed E-state index contributed by atoms with van der Waals surface area (Å²) in [6, 6.07) is 7.82. The molecule has 0 saturated carbocycles. The van der Waals surface area contributed by atoms with E-state index in [1.54, 1.807) is 0 Å². The smallest absolute Gasteiger partial charge is 0.0991 e. The van der Waals surface area contributed by atoms with E-state index in [1.807, 2.05) is 18.2 Å². The molecule has 16 heavy (non-hydrogen) atoms. The maximum Gasteiger partial charge on any atom is 0.0991 e. The average Bonchev–Trinajstić information content (AvgIpc) is 2.66. The van der Waals surface area contributed by atoms with Crippen molar-refractivity contribution in [3.63, 3.8) is 0 Å². The summed E-state index contributed by atoms with van der Waals surface area (Å²) in [5.41, 5.74) is 4.15. The summed E-state index contributed by atoms with van der Waals surface area (Å²) in [7, 11) is 0. The molecular formula is C13H12N2O. The molecule has 1 atom stereocenters. The van der Waals surface area contributed by atoms with Crippen LogP contribution in [0.2, 0.25) is 0 Å². The lowest BCUT2D eigenvalue weighted by atomic mass is 9.93. The Hall–Kier alpha value is -1.79. The number of aliphatic hydroxyl groups is 1. The summed E-state index contributed by atoms with van der Waals surface area (Å²) in [5.74, 6) is 0. The van der Waals surface area contributed by atoms with Crippen LogP contribution in [-0.2, 0) is 12.8 Å². The van der Waals surface area contributed by atoms with Gasteiger partial charge < -0.3 is 10.1 Å². The molecule has 2 aromatic rings. The molecule has 1 aromatic carbocycles. The first-order valence-electron chi connectivity index (χ1n) is 5.49. The van der Waals surface area contributed by atoms with Crippen molar-refractivity contribution in [2.75, 3.05) is 0 Å². The van der Waals surface area contributed by atoms with E-state index in [9.17, 15) is 5.11 Å². The number of aromatic nitrogens is 1. The van der Waals surface area contributed by atoms with Crippen LogP contribution in [0.5, 0.6) is 0 Å². The highest BCUT2D eigenvalue weighted by atomic mass is 16.3. The van der Waals surface area contributed by atoms with E-state index in [2.05, 4.69) is 11.1 Å². The molecular weight excluding hydrogens is 200 g/mol. The zero-order chi connectivity index (χ0) is 11.1. The monoisotopic (exact) mass is 212 g/mol. The highest BCUT2D eigenvalue weighted by Crippen LogP contribution is 2.29. The first kappa shape index (κ1) is 9.44. The van der Waals surface area contributed by atoms with Crippen molar-refractivity contribution in [3.05, 3.63) is 35.0 Å². The second-order valence-corrected chi connectivity index (χ2v) is 4.35. The van der Waals surface area contributed by atoms with Crippen LogP contribution in [-0.4, -0.2) is 16.2 Å². The molecule has 0 radical (unpaired) electrons. The number of nitrogens with zero attached hydrogens (tertiary/aromatic N) is 1. The van der Waals surface area contributed by atoms with Gasteiger partial charge in [-0.25, -0.2) is 0 Å². The number of nitrogens with one attached hydrogen (secondary N) is 1. The van der Waals surface area contributed by atoms with Crippen molar-refractivity contribution >= 4 is 10.9 Å². The van der Waals surface area contributed by atoms with Gasteiger partial charge in [-0.05, 0) is 36.6 Å². The number of fused-ring (bicyclic) bond motifs is 3. The molecule has 0 amide bonds. The minimum Gasteiger partial charge on any atom is -0.393 e. The standard InChI is InChI=1S/C13H12N2O/c14-7-8-1-3-12-10(5-8)11-6-9(16)2-4-13(11)15-12/h1,3,5,9,15-16H,2,4,6H2/t9-/m1/s1. The normalized spacial score (nSPS) is 19.4. The van der Waals surface area contributed by atoms with Gasteiger partial charge >= 0.3 is 0 Å². The van der Waals surface area contributed by atoms with Gasteiger partial charge in [-0.3, -0.25) is 0 Å². The Morgan fingerprint density at radius 3 is 3.12 bits per heavy atom. The first-order chi connectivity index (χ1) is 7.78. The Morgan fingerprint density at radius 1 is 1.44 bits per heavy atom. The van der Waals surface area contributed by atoms with E-state index in [0.29, 0.717) is 12.0 Å². The molecule has 3 rings (SSSR count). The van der Waals surface area contributed by atoms with E-state index in [1.165, 1.54) is 11.3 Å². The van der Waals surface area contributed by atoms with Gasteiger partial charge in [-0.1, -0.05) is 0 Å². The number of aryl methyl sites for hydroxylation is 1. The Bertz CT molecular complexity index is 592. The zero-order valence-electron chi connectivity index (χ0n) is 8.83. The second kappa shape index (κ2) is 3.36. The van der Waals surface area contributed by atoms with Crippen molar-refractivity contribution in [3.8, 4) is 6.07 Å². The van der Waals surface area contributed by atoms with Crippen LogP contribution in [0.1, 0.15) is 23.2 Å². The third kappa shape index (κ3) is 1.31. The summed E-state index contributed by atoms with van der Waals surface area (Å²) in [5, 5.41) is 19.7. The predicted molar refractivity (Wildman–Crippen MR) is 61.0 cm³/mol. The van der Waals surface area contributed by atoms with Crippen molar-refractivity contribution in [2.45, 2.75) is 25.4 Å². The summed E-state index contributed by atoms with van der Waals surface area (Å²) in [6.07, 6.45) is 2.18. The van der Waals surface area contributed by atoms with E-state index in [0.717, 1.165) is 23.7 Å². The summed E-state index contributed by atoms with van der Waals surface area (Å²) < 4.78 is 0. The van der Waals surface area contributed by atoms with Crippen LogP contribution in [0, 0.1) is 11.3 Å². The number of H-pyrrole nitrogens is 1. The minimum absolute atomic E-state index is 0.239. The largest absolute Gasteiger partial charge is 0.393 e. The summed E-state index contributed by atoms with van der Waals surface area (Å²) in [6.45, 7) is 0. The molecule has 0 saturated heterocycles. The van der Waals surface area contributed by atoms with E-state index in [4.69, 9.17) is 5.26 Å². The van der Waals surface area contributed by atoms with Gasteiger partial charge in [0.1, 0.15) is 0 Å². The summed E-state index contributed by atoms with van der Waals surface area (Å²) >= 11 is 0. The van der Waals surface area contributed by atoms with Gasteiger partial charge in [0, 0.05) is 23.0 Å². The van der Waals surface area contributed by atoms with Gasteiger partial charge in [-0.2, -0.15) is 5.26 Å². The van der Waals surface area contributed by atoms with Crippen molar-refractivity contribution in [1.29, 1.82) is 5.26 Å². The third-order valence-electron chi connectivity index (χ3n) is 3.29. The van der Waals surface area contributed by atoms with Crippen LogP contribution >= 0.6 is 0 Å². The molecule has 1 aliphatic carbocycles. The fourth-order valence-electron chi connectivity index (χ4n) is 2.47. The Kier molecular flexibility index (Phi) is 1.98. The molecule has 3 nitrogen and oxygen atoms in total. The number of aromatic amines is 1. The maximum absolute atomic E-state index is 9.68. The minimum atomic E-state index is -0.239. The van der Waals surface area contributed by atoms with Gasteiger partial charge in [-0.15, -0.1) is 0 Å². The van der Waals surface area contributed by atoms with Crippen LogP contribution < -0.4 is 0 Å². The van der Waals surface area contributed by atoms with Crippen LogP contribution in [0.4, 0.5) is 0 Å². The average molecular weight is 212 g/mol. The Morgan fingerprint density at radius 2 is 2.31 bits per heavy atom. The number of hydrogen-bond acceptors (Lipinski definition) is 2. The molecule has 0 fully saturated rings. The van der Waals surface area contributed by atoms with Gasteiger partial charge in [0.2, 0.25) is 0 Å². The molecule has 0 unspecified atom stereocenters. The van der Waals surface area contributed by atoms with Crippen LogP contribution in [0.15, 0.2) is 18.2 Å². The maximum atomic E-state index is 9.68. The molecule has 1 heterocycles. The van der Waals surface area contributed by atoms with E-state index < -0.39 is 0 Å². The molecule has 0 bridgehead atoms. The van der Waals surface area contributed by atoms with E-state index >= 15 is 0 Å². The van der Waals surface area contributed by atoms with Crippen LogP contribution in [0.25, 0.3) is 10.9 Å². The fraction of sp³-hybridized carbons (Fsp3) is 0.308. The number of nitriles is 1. The van der Waals surface area contributed by atoms with Gasteiger partial charge in [0.05, 0.1) is 17.7 Å². The molecule has 0 spiro atoms. The number of benzene rings is 1. The van der Waals surface area contributed by atoms with Crippen molar-refractivity contribution in [2.24, 2.45) is 0 Å². The molecule has 0 aliphatic heterocycles. The molecule has 1 aliphatic rings. The molecule has 1 aromatic heterocycles. The quantitative estimate of drug-likeness (QED) is 0.700. The molecule has 2 N–H and O–H groups in total. The lowest BCUT2D eigenvalue weighted by Gasteiger charge is -2.17. The van der Waals surface area contributed by atoms with Gasteiger partial charge in [0.25, 0.3) is 0 Å². The fourth-order valence-corrected chi connectivity index (χ4v) is 2.47. The number of rotatable bonds is 0. The SMILES string of the molecule is N#Cc1ccc2[nH]c3c(c2c1)C[C@H](O)CC3. The molecule has 3 heteroatoms. The highest BCUT2D eigenvalue weighted by molar-refractivity contribution is 5.86.